The molecule has 2 aliphatic carbocycles. The highest BCUT2D eigenvalue weighted by molar-refractivity contribution is 5.89. The minimum absolute atomic E-state index is 0.00357. The van der Waals surface area contributed by atoms with Crippen molar-refractivity contribution < 1.29 is 14.6 Å². The van der Waals surface area contributed by atoms with Gasteiger partial charge >= 0.3 is 0 Å². The maximum Gasteiger partial charge on any atom is 0.167 e. The maximum atomic E-state index is 12.6. The molecule has 2 saturated carbocycles. The van der Waals surface area contributed by atoms with Gasteiger partial charge in [-0.2, -0.15) is 0 Å². The average Bonchev–Trinajstić information content (AvgIpc) is 2.37. The fraction of sp³-hybridized carbons (Fsp3) is 0.933. The molecular weight excluding hydrogens is 228 g/mol. The zero-order valence-electron chi connectivity index (χ0n) is 11.1. The number of ether oxygens (including phenoxy) is 1. The van der Waals surface area contributed by atoms with Gasteiger partial charge in [0.15, 0.2) is 5.78 Å². The molecule has 18 heavy (non-hydrogen) atoms. The molecule has 3 nitrogen and oxygen atoms in total. The van der Waals surface area contributed by atoms with Crippen LogP contribution in [0, 0.1) is 5.92 Å². The van der Waals surface area contributed by atoms with E-state index in [1.807, 2.05) is 0 Å². The van der Waals surface area contributed by atoms with Crippen molar-refractivity contribution in [2.24, 2.45) is 5.92 Å². The summed E-state index contributed by atoms with van der Waals surface area (Å²) in [5.74, 6) is 0.166. The Kier molecular flexibility index (Phi) is 3.23. The second-order valence-corrected chi connectivity index (χ2v) is 6.53. The van der Waals surface area contributed by atoms with E-state index in [2.05, 4.69) is 0 Å². The standard InChI is InChI=1S/C15H24O3/c16-13(15(17)8-2-1-3-9-15)12-5-10-18-14(11-12)6-4-7-14/h12,17H,1-11H2. The van der Waals surface area contributed by atoms with Crippen LogP contribution < -0.4 is 0 Å². The summed E-state index contributed by atoms with van der Waals surface area (Å²) in [6.07, 6.45) is 9.61. The molecule has 3 rings (SSSR count). The third-order valence-corrected chi connectivity index (χ3v) is 5.27. The lowest BCUT2D eigenvalue weighted by atomic mass is 9.68. The first-order valence-electron chi connectivity index (χ1n) is 7.54. The highest BCUT2D eigenvalue weighted by atomic mass is 16.5. The number of hydrogen-bond donors (Lipinski definition) is 1. The number of Topliss-reactive ketones (excluding diaryl/α,β-unsaturated/α-hetero) is 1. The van der Waals surface area contributed by atoms with Crippen molar-refractivity contribution in [1.29, 1.82) is 0 Å². The summed E-state index contributed by atoms with van der Waals surface area (Å²) in [4.78, 5) is 12.6. The number of aliphatic hydroxyl groups is 1. The third-order valence-electron chi connectivity index (χ3n) is 5.27. The molecule has 102 valence electrons. The fourth-order valence-corrected chi connectivity index (χ4v) is 3.93. The Hall–Kier alpha value is -0.410. The number of rotatable bonds is 2. The quantitative estimate of drug-likeness (QED) is 0.821. The number of ketones is 1. The molecular formula is C15H24O3. The van der Waals surface area contributed by atoms with Gasteiger partial charge in [0, 0.05) is 12.5 Å². The molecule has 1 aliphatic heterocycles. The maximum absolute atomic E-state index is 12.6. The van der Waals surface area contributed by atoms with Gasteiger partial charge in [-0.1, -0.05) is 19.3 Å². The lowest BCUT2D eigenvalue weighted by molar-refractivity contribution is -0.168. The zero-order valence-corrected chi connectivity index (χ0v) is 11.1. The molecule has 3 fully saturated rings. The van der Waals surface area contributed by atoms with Crippen LogP contribution >= 0.6 is 0 Å². The molecule has 0 aromatic carbocycles. The van der Waals surface area contributed by atoms with Crippen LogP contribution in [0.15, 0.2) is 0 Å². The van der Waals surface area contributed by atoms with E-state index in [4.69, 9.17) is 4.74 Å². The van der Waals surface area contributed by atoms with Gasteiger partial charge in [-0.05, 0) is 44.9 Å². The van der Waals surface area contributed by atoms with Gasteiger partial charge in [-0.15, -0.1) is 0 Å². The summed E-state index contributed by atoms with van der Waals surface area (Å²) >= 11 is 0. The van der Waals surface area contributed by atoms with Crippen molar-refractivity contribution in [3.63, 3.8) is 0 Å². The first-order chi connectivity index (χ1) is 8.64. The van der Waals surface area contributed by atoms with Crippen molar-refractivity contribution in [3.05, 3.63) is 0 Å². The molecule has 3 heteroatoms. The second kappa shape index (κ2) is 4.61. The summed E-state index contributed by atoms with van der Waals surface area (Å²) < 4.78 is 5.87. The van der Waals surface area contributed by atoms with Crippen LogP contribution in [-0.2, 0) is 9.53 Å². The lowest BCUT2D eigenvalue weighted by Gasteiger charge is -2.48. The Balaban J connectivity index is 1.67. The Labute approximate surface area is 109 Å². The summed E-state index contributed by atoms with van der Waals surface area (Å²) in [7, 11) is 0. The number of carbonyl (C=O) groups is 1. The van der Waals surface area contributed by atoms with Crippen LogP contribution in [0.5, 0.6) is 0 Å². The SMILES string of the molecule is O=C(C1CCOC2(CCC2)C1)C1(O)CCCCC1. The molecule has 0 amide bonds. The van der Waals surface area contributed by atoms with Crippen LogP contribution in [0.3, 0.4) is 0 Å². The number of hydrogen-bond acceptors (Lipinski definition) is 3. The monoisotopic (exact) mass is 252 g/mol. The molecule has 1 heterocycles. The Morgan fingerprint density at radius 2 is 1.78 bits per heavy atom. The first kappa shape index (κ1) is 12.6. The van der Waals surface area contributed by atoms with E-state index < -0.39 is 5.60 Å². The van der Waals surface area contributed by atoms with Crippen LogP contribution in [0.25, 0.3) is 0 Å². The minimum Gasteiger partial charge on any atom is -0.382 e. The van der Waals surface area contributed by atoms with Crippen molar-refractivity contribution in [1.82, 2.24) is 0 Å². The molecule has 0 aromatic heterocycles. The van der Waals surface area contributed by atoms with Gasteiger partial charge < -0.3 is 9.84 Å². The topological polar surface area (TPSA) is 46.5 Å². The zero-order chi connectivity index (χ0) is 12.6. The van der Waals surface area contributed by atoms with Crippen LogP contribution in [0.4, 0.5) is 0 Å². The summed E-state index contributed by atoms with van der Waals surface area (Å²) in [5, 5.41) is 10.6. The molecule has 0 aromatic rings. The highest BCUT2D eigenvalue weighted by Gasteiger charge is 2.48. The molecule has 1 N–H and O–H groups in total. The molecule has 0 radical (unpaired) electrons. The Bertz CT molecular complexity index is 327. The largest absolute Gasteiger partial charge is 0.382 e. The average molecular weight is 252 g/mol. The fourth-order valence-electron chi connectivity index (χ4n) is 3.93. The van der Waals surface area contributed by atoms with E-state index in [1.165, 1.54) is 6.42 Å². The van der Waals surface area contributed by atoms with Crippen LogP contribution in [-0.4, -0.2) is 28.7 Å². The van der Waals surface area contributed by atoms with Gasteiger partial charge in [0.1, 0.15) is 5.60 Å². The highest BCUT2D eigenvalue weighted by Crippen LogP contribution is 2.46. The van der Waals surface area contributed by atoms with Gasteiger partial charge in [0.25, 0.3) is 0 Å². The van der Waals surface area contributed by atoms with Crippen molar-refractivity contribution in [2.45, 2.75) is 75.4 Å². The van der Waals surface area contributed by atoms with Crippen molar-refractivity contribution >= 4 is 5.78 Å². The normalized spacial score (nSPS) is 33.9. The van der Waals surface area contributed by atoms with E-state index in [9.17, 15) is 9.90 Å². The van der Waals surface area contributed by atoms with Crippen LogP contribution in [0.2, 0.25) is 0 Å². The van der Waals surface area contributed by atoms with E-state index >= 15 is 0 Å². The summed E-state index contributed by atoms with van der Waals surface area (Å²) in [5.41, 5.74) is -1.01. The van der Waals surface area contributed by atoms with E-state index in [0.717, 1.165) is 44.9 Å². The smallest absolute Gasteiger partial charge is 0.167 e. The second-order valence-electron chi connectivity index (χ2n) is 6.53. The minimum atomic E-state index is -1.01. The molecule has 1 spiro atoms. The van der Waals surface area contributed by atoms with E-state index in [0.29, 0.717) is 19.4 Å². The van der Waals surface area contributed by atoms with Gasteiger partial charge in [0.2, 0.25) is 0 Å². The van der Waals surface area contributed by atoms with E-state index in [1.54, 1.807) is 0 Å². The summed E-state index contributed by atoms with van der Waals surface area (Å²) in [6.45, 7) is 0.701. The molecule has 0 bridgehead atoms. The Morgan fingerprint density at radius 1 is 1.06 bits per heavy atom. The number of carbonyl (C=O) groups excluding carboxylic acids is 1. The van der Waals surface area contributed by atoms with Gasteiger partial charge in [0.05, 0.1) is 5.60 Å². The predicted octanol–water partition coefficient (Wildman–Crippen LogP) is 2.60. The molecule has 1 atom stereocenters. The molecule has 1 unspecified atom stereocenters. The lowest BCUT2D eigenvalue weighted by Crippen LogP contribution is -2.51. The first-order valence-corrected chi connectivity index (χ1v) is 7.54. The predicted molar refractivity (Wildman–Crippen MR) is 68.3 cm³/mol. The van der Waals surface area contributed by atoms with E-state index in [-0.39, 0.29) is 17.3 Å². The van der Waals surface area contributed by atoms with Gasteiger partial charge in [-0.3, -0.25) is 4.79 Å². The third kappa shape index (κ3) is 2.12. The van der Waals surface area contributed by atoms with Gasteiger partial charge in [-0.25, -0.2) is 0 Å². The van der Waals surface area contributed by atoms with Crippen LogP contribution in [0.1, 0.15) is 64.2 Å². The van der Waals surface area contributed by atoms with Crippen molar-refractivity contribution in [2.75, 3.05) is 6.61 Å². The Morgan fingerprint density at radius 3 is 2.39 bits per heavy atom. The summed E-state index contributed by atoms with van der Waals surface area (Å²) in [6, 6.07) is 0. The van der Waals surface area contributed by atoms with Crippen molar-refractivity contribution in [3.8, 4) is 0 Å². The molecule has 3 aliphatic rings. The molecule has 1 saturated heterocycles.